The Morgan fingerprint density at radius 3 is 2.14 bits per heavy atom. The van der Waals surface area contributed by atoms with Crippen molar-refractivity contribution < 1.29 is 0 Å². The van der Waals surface area contributed by atoms with Gasteiger partial charge in [0.2, 0.25) is 0 Å². The van der Waals surface area contributed by atoms with E-state index in [4.69, 9.17) is 5.73 Å². The molecule has 0 aromatic heterocycles. The van der Waals surface area contributed by atoms with Gasteiger partial charge in [-0.3, -0.25) is 0 Å². The predicted octanol–water partition coefficient (Wildman–Crippen LogP) is 2.34. The van der Waals surface area contributed by atoms with Gasteiger partial charge in [-0.05, 0) is 18.4 Å². The van der Waals surface area contributed by atoms with Gasteiger partial charge in [0.15, 0.2) is 0 Å². The molecule has 0 saturated carbocycles. The average molecular weight is 200 g/mol. The van der Waals surface area contributed by atoms with E-state index in [1.807, 2.05) is 0 Å². The Morgan fingerprint density at radius 2 is 1.79 bits per heavy atom. The molecule has 0 fully saturated rings. The summed E-state index contributed by atoms with van der Waals surface area (Å²) in [6, 6.07) is 0.312. The van der Waals surface area contributed by atoms with Gasteiger partial charge in [-0.15, -0.1) is 0 Å². The highest BCUT2D eigenvalue weighted by atomic mass is 15.1. The van der Waals surface area contributed by atoms with Gasteiger partial charge in [0.25, 0.3) is 0 Å². The van der Waals surface area contributed by atoms with E-state index in [1.165, 1.54) is 6.42 Å². The van der Waals surface area contributed by atoms with Crippen LogP contribution in [0.5, 0.6) is 0 Å². The van der Waals surface area contributed by atoms with Crippen LogP contribution in [0.2, 0.25) is 0 Å². The van der Waals surface area contributed by atoms with Crippen molar-refractivity contribution in [2.45, 2.75) is 47.1 Å². The van der Waals surface area contributed by atoms with Gasteiger partial charge >= 0.3 is 0 Å². The van der Waals surface area contributed by atoms with Gasteiger partial charge in [-0.25, -0.2) is 0 Å². The zero-order chi connectivity index (χ0) is 11.4. The third-order valence-corrected chi connectivity index (χ3v) is 2.64. The van der Waals surface area contributed by atoms with E-state index in [0.29, 0.717) is 17.4 Å². The van der Waals surface area contributed by atoms with Crippen LogP contribution in [-0.4, -0.2) is 31.1 Å². The highest BCUT2D eigenvalue weighted by molar-refractivity contribution is 4.74. The largest absolute Gasteiger partial charge is 0.326 e. The SMILES string of the molecule is CCC(C)C(N)CN(C)CC(C)(C)C. The second kappa shape index (κ2) is 5.72. The van der Waals surface area contributed by atoms with E-state index in [2.05, 4.69) is 46.6 Å². The molecule has 0 spiro atoms. The fourth-order valence-corrected chi connectivity index (χ4v) is 1.72. The molecule has 2 unspecified atom stereocenters. The first-order valence-corrected chi connectivity index (χ1v) is 5.70. The highest BCUT2D eigenvalue weighted by Gasteiger charge is 2.17. The Balaban J connectivity index is 3.88. The van der Waals surface area contributed by atoms with Crippen LogP contribution in [0, 0.1) is 11.3 Å². The van der Waals surface area contributed by atoms with Crippen molar-refractivity contribution in [3.63, 3.8) is 0 Å². The number of nitrogens with zero attached hydrogens (tertiary/aromatic N) is 1. The number of hydrogen-bond donors (Lipinski definition) is 1. The highest BCUT2D eigenvalue weighted by Crippen LogP contribution is 2.15. The van der Waals surface area contributed by atoms with Crippen LogP contribution >= 0.6 is 0 Å². The van der Waals surface area contributed by atoms with Crippen molar-refractivity contribution in [3.8, 4) is 0 Å². The Bertz CT molecular complexity index is 149. The van der Waals surface area contributed by atoms with Crippen LogP contribution in [0.3, 0.4) is 0 Å². The minimum absolute atomic E-state index is 0.312. The molecule has 0 aromatic rings. The lowest BCUT2D eigenvalue weighted by Gasteiger charge is -2.30. The Kier molecular flexibility index (Phi) is 5.68. The Hall–Kier alpha value is -0.0800. The molecule has 2 N–H and O–H groups in total. The quantitative estimate of drug-likeness (QED) is 0.738. The van der Waals surface area contributed by atoms with Gasteiger partial charge in [0, 0.05) is 19.1 Å². The number of likely N-dealkylation sites (N-methyl/N-ethyl adjacent to an activating group) is 1. The number of hydrogen-bond acceptors (Lipinski definition) is 2. The smallest absolute Gasteiger partial charge is 0.0193 e. The molecule has 2 nitrogen and oxygen atoms in total. The Labute approximate surface area is 89.9 Å². The van der Waals surface area contributed by atoms with Gasteiger partial charge < -0.3 is 10.6 Å². The second-order valence-electron chi connectivity index (χ2n) is 5.81. The molecule has 0 bridgehead atoms. The van der Waals surface area contributed by atoms with Crippen LogP contribution in [0.1, 0.15) is 41.0 Å². The van der Waals surface area contributed by atoms with Crippen molar-refractivity contribution in [1.29, 1.82) is 0 Å². The van der Waals surface area contributed by atoms with E-state index < -0.39 is 0 Å². The molecule has 0 aliphatic carbocycles. The molecule has 14 heavy (non-hydrogen) atoms. The van der Waals surface area contributed by atoms with E-state index in [9.17, 15) is 0 Å². The molecule has 0 saturated heterocycles. The minimum atomic E-state index is 0.312. The minimum Gasteiger partial charge on any atom is -0.326 e. The molecular formula is C12H28N2. The van der Waals surface area contributed by atoms with Crippen LogP contribution in [0.25, 0.3) is 0 Å². The van der Waals surface area contributed by atoms with Gasteiger partial charge in [-0.1, -0.05) is 41.0 Å². The first-order chi connectivity index (χ1) is 6.26. The molecule has 0 radical (unpaired) electrons. The van der Waals surface area contributed by atoms with Crippen LogP contribution in [-0.2, 0) is 0 Å². The summed E-state index contributed by atoms with van der Waals surface area (Å²) in [5, 5.41) is 0. The second-order valence-corrected chi connectivity index (χ2v) is 5.81. The normalized spacial score (nSPS) is 17.1. The average Bonchev–Trinajstić information content (AvgIpc) is 1.99. The van der Waals surface area contributed by atoms with Crippen molar-refractivity contribution in [3.05, 3.63) is 0 Å². The molecular weight excluding hydrogens is 172 g/mol. The molecule has 86 valence electrons. The van der Waals surface area contributed by atoms with Crippen molar-refractivity contribution in [2.75, 3.05) is 20.1 Å². The summed E-state index contributed by atoms with van der Waals surface area (Å²) in [6.45, 7) is 13.3. The molecule has 0 aromatic carbocycles. The lowest BCUT2D eigenvalue weighted by Crippen LogP contribution is -2.42. The fourth-order valence-electron chi connectivity index (χ4n) is 1.72. The van der Waals surface area contributed by atoms with Gasteiger partial charge in [0.1, 0.15) is 0 Å². The van der Waals surface area contributed by atoms with Crippen molar-refractivity contribution >= 4 is 0 Å². The monoisotopic (exact) mass is 200 g/mol. The van der Waals surface area contributed by atoms with Crippen LogP contribution < -0.4 is 5.73 Å². The number of rotatable bonds is 5. The summed E-state index contributed by atoms with van der Waals surface area (Å²) in [4.78, 5) is 2.34. The maximum atomic E-state index is 6.11. The van der Waals surface area contributed by atoms with E-state index in [0.717, 1.165) is 13.1 Å². The zero-order valence-electron chi connectivity index (χ0n) is 10.8. The zero-order valence-corrected chi connectivity index (χ0v) is 10.8. The molecule has 2 heteroatoms. The molecule has 2 atom stereocenters. The van der Waals surface area contributed by atoms with Crippen LogP contribution in [0.15, 0.2) is 0 Å². The van der Waals surface area contributed by atoms with Crippen molar-refractivity contribution in [1.82, 2.24) is 4.90 Å². The maximum Gasteiger partial charge on any atom is 0.0193 e. The third kappa shape index (κ3) is 6.39. The first kappa shape index (κ1) is 13.9. The molecule has 0 rings (SSSR count). The summed E-state index contributed by atoms with van der Waals surface area (Å²) >= 11 is 0. The summed E-state index contributed by atoms with van der Waals surface area (Å²) in [5.41, 5.74) is 6.47. The standard InChI is InChI=1S/C12H28N2/c1-7-10(2)11(13)8-14(6)9-12(3,4)5/h10-11H,7-9,13H2,1-6H3. The van der Waals surface area contributed by atoms with Gasteiger partial charge in [0.05, 0.1) is 0 Å². The molecule has 0 heterocycles. The first-order valence-electron chi connectivity index (χ1n) is 5.70. The Morgan fingerprint density at radius 1 is 1.29 bits per heavy atom. The summed E-state index contributed by atoms with van der Waals surface area (Å²) in [6.07, 6.45) is 1.17. The van der Waals surface area contributed by atoms with E-state index in [-0.39, 0.29) is 0 Å². The molecule has 0 amide bonds. The summed E-state index contributed by atoms with van der Waals surface area (Å²) in [5.74, 6) is 0.623. The van der Waals surface area contributed by atoms with Gasteiger partial charge in [-0.2, -0.15) is 0 Å². The predicted molar refractivity (Wildman–Crippen MR) is 64.4 cm³/mol. The van der Waals surface area contributed by atoms with E-state index in [1.54, 1.807) is 0 Å². The third-order valence-electron chi connectivity index (χ3n) is 2.64. The summed E-state index contributed by atoms with van der Waals surface area (Å²) in [7, 11) is 2.16. The van der Waals surface area contributed by atoms with E-state index >= 15 is 0 Å². The number of nitrogens with two attached hydrogens (primary N) is 1. The van der Waals surface area contributed by atoms with Crippen molar-refractivity contribution in [2.24, 2.45) is 17.1 Å². The summed E-state index contributed by atoms with van der Waals surface area (Å²) < 4.78 is 0. The fraction of sp³-hybridized carbons (Fsp3) is 1.00. The van der Waals surface area contributed by atoms with Crippen LogP contribution in [0.4, 0.5) is 0 Å². The lowest BCUT2D eigenvalue weighted by molar-refractivity contribution is 0.202. The lowest BCUT2D eigenvalue weighted by atomic mass is 9.95. The molecule has 0 aliphatic rings. The topological polar surface area (TPSA) is 29.3 Å². The maximum absolute atomic E-state index is 6.11. The molecule has 0 aliphatic heterocycles.